The van der Waals surface area contributed by atoms with Crippen molar-refractivity contribution in [3.05, 3.63) is 95.5 Å². The van der Waals surface area contributed by atoms with Gasteiger partial charge in [0.1, 0.15) is 6.54 Å². The standard InChI is InChI=1S/C26H21ClF3N3O5S2/c1-39(35,36)33(24-15-18(26(28,29)30)9-14-22(24)27)16-25(34)31-19-10-12-20(13-11-19)40(37,38)32-23-8-4-6-17-5-2-3-7-21(17)23/h2-15,32H,16H2,1H3,(H,31,34). The molecule has 0 spiro atoms. The number of sulfonamides is 2. The van der Waals surface area contributed by atoms with Gasteiger partial charge in [0.05, 0.1) is 33.1 Å². The van der Waals surface area contributed by atoms with E-state index < -0.39 is 49.9 Å². The highest BCUT2D eigenvalue weighted by Crippen LogP contribution is 2.36. The lowest BCUT2D eigenvalue weighted by molar-refractivity contribution is -0.137. The number of amides is 1. The summed E-state index contributed by atoms with van der Waals surface area (Å²) in [6.45, 7) is -0.886. The van der Waals surface area contributed by atoms with E-state index in [1.54, 1.807) is 24.3 Å². The molecule has 2 N–H and O–H groups in total. The summed E-state index contributed by atoms with van der Waals surface area (Å²) in [6, 6.07) is 19.6. The molecule has 0 unspecified atom stereocenters. The van der Waals surface area contributed by atoms with Crippen molar-refractivity contribution < 1.29 is 34.8 Å². The maximum atomic E-state index is 13.2. The molecule has 1 amide bonds. The fraction of sp³-hybridized carbons (Fsp3) is 0.115. The first-order valence-electron chi connectivity index (χ1n) is 11.4. The number of hydrogen-bond donors (Lipinski definition) is 2. The van der Waals surface area contributed by atoms with Crippen LogP contribution in [-0.4, -0.2) is 35.5 Å². The van der Waals surface area contributed by atoms with Gasteiger partial charge in [-0.1, -0.05) is 48.0 Å². The zero-order chi connectivity index (χ0) is 29.3. The van der Waals surface area contributed by atoms with Crippen molar-refractivity contribution in [2.24, 2.45) is 0 Å². The molecular weight excluding hydrogens is 591 g/mol. The number of anilines is 3. The van der Waals surface area contributed by atoms with Gasteiger partial charge in [-0.3, -0.25) is 13.8 Å². The predicted molar refractivity (Wildman–Crippen MR) is 148 cm³/mol. The zero-order valence-corrected chi connectivity index (χ0v) is 23.0. The Morgan fingerprint density at radius 1 is 0.900 bits per heavy atom. The Labute approximate surface area is 233 Å². The molecule has 8 nitrogen and oxygen atoms in total. The third-order valence-corrected chi connectivity index (χ3v) is 8.54. The predicted octanol–water partition coefficient (Wildman–Crippen LogP) is 5.72. The highest BCUT2D eigenvalue weighted by atomic mass is 35.5. The molecule has 0 bridgehead atoms. The Bertz CT molecular complexity index is 1790. The van der Waals surface area contributed by atoms with Crippen LogP contribution in [0.15, 0.2) is 89.8 Å². The van der Waals surface area contributed by atoms with E-state index in [0.717, 1.165) is 17.7 Å². The minimum atomic E-state index is -4.77. The average Bonchev–Trinajstić information content (AvgIpc) is 2.87. The van der Waals surface area contributed by atoms with Crippen molar-refractivity contribution in [1.82, 2.24) is 0 Å². The Morgan fingerprint density at radius 2 is 1.55 bits per heavy atom. The second-order valence-corrected chi connectivity index (χ2v) is 12.6. The maximum absolute atomic E-state index is 13.2. The smallest absolute Gasteiger partial charge is 0.325 e. The number of alkyl halides is 3. The summed E-state index contributed by atoms with van der Waals surface area (Å²) in [6.07, 6.45) is -4.05. The maximum Gasteiger partial charge on any atom is 0.416 e. The molecular formula is C26H21ClF3N3O5S2. The van der Waals surface area contributed by atoms with Crippen molar-refractivity contribution in [1.29, 1.82) is 0 Å². The van der Waals surface area contributed by atoms with Gasteiger partial charge in [0.25, 0.3) is 10.0 Å². The van der Waals surface area contributed by atoms with Crippen LogP contribution in [0.1, 0.15) is 5.56 Å². The molecule has 0 saturated carbocycles. The average molecular weight is 612 g/mol. The normalized spacial score (nSPS) is 12.2. The van der Waals surface area contributed by atoms with Crippen molar-refractivity contribution in [3.8, 4) is 0 Å². The molecule has 0 heterocycles. The molecule has 0 aliphatic heterocycles. The number of hydrogen-bond acceptors (Lipinski definition) is 5. The fourth-order valence-electron chi connectivity index (χ4n) is 3.83. The second-order valence-electron chi connectivity index (χ2n) is 8.64. The van der Waals surface area contributed by atoms with E-state index in [4.69, 9.17) is 11.6 Å². The van der Waals surface area contributed by atoms with E-state index in [-0.39, 0.29) is 15.6 Å². The summed E-state index contributed by atoms with van der Waals surface area (Å²) in [5.74, 6) is -0.900. The quantitative estimate of drug-likeness (QED) is 0.265. The van der Waals surface area contributed by atoms with Crippen LogP contribution in [0.3, 0.4) is 0 Å². The Kier molecular flexibility index (Phi) is 8.01. The molecule has 40 heavy (non-hydrogen) atoms. The molecule has 210 valence electrons. The van der Waals surface area contributed by atoms with Crippen LogP contribution in [-0.2, 0) is 31.0 Å². The first-order chi connectivity index (χ1) is 18.6. The lowest BCUT2D eigenvalue weighted by atomic mass is 10.1. The van der Waals surface area contributed by atoms with E-state index in [1.807, 2.05) is 18.2 Å². The lowest BCUT2D eigenvalue weighted by Gasteiger charge is -2.24. The van der Waals surface area contributed by atoms with Crippen molar-refractivity contribution in [2.45, 2.75) is 11.1 Å². The monoisotopic (exact) mass is 611 g/mol. The molecule has 4 aromatic rings. The number of benzene rings is 4. The minimum Gasteiger partial charge on any atom is -0.325 e. The minimum absolute atomic E-state index is 0.105. The Balaban J connectivity index is 1.51. The molecule has 4 rings (SSSR count). The summed E-state index contributed by atoms with van der Waals surface area (Å²) >= 11 is 5.97. The SMILES string of the molecule is CS(=O)(=O)N(CC(=O)Nc1ccc(S(=O)(=O)Nc2cccc3ccccc23)cc1)c1cc(C(F)(F)F)ccc1Cl. The van der Waals surface area contributed by atoms with Gasteiger partial charge in [-0.15, -0.1) is 0 Å². The van der Waals surface area contributed by atoms with E-state index in [2.05, 4.69) is 10.0 Å². The van der Waals surface area contributed by atoms with Gasteiger partial charge in [-0.05, 0) is 53.9 Å². The molecule has 0 fully saturated rings. The summed E-state index contributed by atoms with van der Waals surface area (Å²) in [4.78, 5) is 12.6. The number of fused-ring (bicyclic) bond motifs is 1. The van der Waals surface area contributed by atoms with Gasteiger partial charge < -0.3 is 5.32 Å². The van der Waals surface area contributed by atoms with Gasteiger partial charge >= 0.3 is 6.18 Å². The van der Waals surface area contributed by atoms with E-state index in [1.165, 1.54) is 24.3 Å². The van der Waals surface area contributed by atoms with Gasteiger partial charge in [0, 0.05) is 11.1 Å². The third kappa shape index (κ3) is 6.66. The number of nitrogens with one attached hydrogen (secondary N) is 2. The highest BCUT2D eigenvalue weighted by molar-refractivity contribution is 7.92. The lowest BCUT2D eigenvalue weighted by Crippen LogP contribution is -2.37. The van der Waals surface area contributed by atoms with Crippen LogP contribution >= 0.6 is 11.6 Å². The van der Waals surface area contributed by atoms with Crippen LogP contribution in [0.2, 0.25) is 5.02 Å². The van der Waals surface area contributed by atoms with E-state index in [9.17, 15) is 34.8 Å². The third-order valence-electron chi connectivity index (χ3n) is 5.71. The largest absolute Gasteiger partial charge is 0.416 e. The Morgan fingerprint density at radius 3 is 2.20 bits per heavy atom. The molecule has 0 aromatic heterocycles. The molecule has 4 aromatic carbocycles. The number of rotatable bonds is 8. The number of nitrogens with zero attached hydrogens (tertiary/aromatic N) is 1. The molecule has 0 saturated heterocycles. The molecule has 0 atom stereocenters. The van der Waals surface area contributed by atoms with Crippen LogP contribution in [0.5, 0.6) is 0 Å². The summed E-state index contributed by atoms with van der Waals surface area (Å²) < 4.78 is 93.1. The van der Waals surface area contributed by atoms with Crippen LogP contribution < -0.4 is 14.3 Å². The van der Waals surface area contributed by atoms with Crippen molar-refractivity contribution >= 4 is 65.4 Å². The number of carbonyl (C=O) groups is 1. The van der Waals surface area contributed by atoms with Crippen LogP contribution in [0, 0.1) is 0 Å². The molecule has 0 aliphatic rings. The first kappa shape index (κ1) is 29.2. The summed E-state index contributed by atoms with van der Waals surface area (Å²) in [5.41, 5.74) is -1.16. The van der Waals surface area contributed by atoms with E-state index in [0.29, 0.717) is 27.5 Å². The molecule has 0 aliphatic carbocycles. The zero-order valence-electron chi connectivity index (χ0n) is 20.6. The summed E-state index contributed by atoms with van der Waals surface area (Å²) in [5, 5.41) is 3.64. The fourth-order valence-corrected chi connectivity index (χ4v) is 6.04. The number of carbonyl (C=O) groups excluding carboxylic acids is 1. The number of halogens is 4. The highest BCUT2D eigenvalue weighted by Gasteiger charge is 2.33. The summed E-state index contributed by atoms with van der Waals surface area (Å²) in [7, 11) is -8.23. The van der Waals surface area contributed by atoms with E-state index >= 15 is 0 Å². The van der Waals surface area contributed by atoms with Gasteiger partial charge in [0.2, 0.25) is 15.9 Å². The van der Waals surface area contributed by atoms with Crippen molar-refractivity contribution in [3.63, 3.8) is 0 Å². The molecule has 14 heteroatoms. The van der Waals surface area contributed by atoms with Gasteiger partial charge in [-0.2, -0.15) is 13.2 Å². The van der Waals surface area contributed by atoms with Gasteiger partial charge in [0.15, 0.2) is 0 Å². The Hall–Kier alpha value is -3.81. The first-order valence-corrected chi connectivity index (χ1v) is 15.1. The van der Waals surface area contributed by atoms with Crippen LogP contribution in [0.4, 0.5) is 30.2 Å². The second kappa shape index (κ2) is 11.0. The molecule has 0 radical (unpaired) electrons. The van der Waals surface area contributed by atoms with Crippen molar-refractivity contribution in [2.75, 3.05) is 27.1 Å². The topological polar surface area (TPSA) is 113 Å². The van der Waals surface area contributed by atoms with Gasteiger partial charge in [-0.25, -0.2) is 16.8 Å². The van der Waals surface area contributed by atoms with Crippen LogP contribution in [0.25, 0.3) is 10.8 Å².